The zero-order chi connectivity index (χ0) is 17.9. The van der Waals surface area contributed by atoms with Crippen LogP contribution in [0, 0.1) is 0 Å². The molecule has 2 aromatic heterocycles. The van der Waals surface area contributed by atoms with Crippen molar-refractivity contribution in [1.29, 1.82) is 0 Å². The first-order valence-corrected chi connectivity index (χ1v) is 10.5. The Morgan fingerprint density at radius 2 is 1.77 bits per heavy atom. The van der Waals surface area contributed by atoms with Crippen molar-refractivity contribution in [2.45, 2.75) is 38.6 Å². The van der Waals surface area contributed by atoms with Crippen LogP contribution in [-0.2, 0) is 6.54 Å². The molecule has 4 rings (SSSR count). The molecule has 0 atom stereocenters. The predicted octanol–water partition coefficient (Wildman–Crippen LogP) is 5.07. The molecule has 26 heavy (non-hydrogen) atoms. The number of rotatable bonds is 3. The van der Waals surface area contributed by atoms with Gasteiger partial charge in [-0.1, -0.05) is 43.0 Å². The monoisotopic (exact) mass is 387 g/mol. The van der Waals surface area contributed by atoms with Crippen molar-refractivity contribution in [2.24, 2.45) is 0 Å². The van der Waals surface area contributed by atoms with Gasteiger partial charge in [-0.25, -0.2) is 4.98 Å². The van der Waals surface area contributed by atoms with Gasteiger partial charge >= 0.3 is 0 Å². The molecule has 1 saturated heterocycles. The molecule has 1 aliphatic rings. The summed E-state index contributed by atoms with van der Waals surface area (Å²) < 4.78 is 0. The predicted molar refractivity (Wildman–Crippen MR) is 109 cm³/mol. The first-order chi connectivity index (χ1) is 12.7. The maximum absolute atomic E-state index is 12.8. The van der Waals surface area contributed by atoms with Crippen LogP contribution in [0.5, 0.6) is 0 Å². The lowest BCUT2D eigenvalue weighted by Gasteiger charge is -2.23. The van der Waals surface area contributed by atoms with Gasteiger partial charge in [-0.05, 0) is 43.6 Å². The second kappa shape index (κ2) is 7.91. The lowest BCUT2D eigenvalue weighted by atomic mass is 10.1. The van der Waals surface area contributed by atoms with Gasteiger partial charge in [-0.15, -0.1) is 11.3 Å². The van der Waals surface area contributed by atoms with Crippen molar-refractivity contribution in [2.75, 3.05) is 13.1 Å². The fourth-order valence-corrected chi connectivity index (χ4v) is 4.69. The number of halogens is 1. The molecule has 0 amide bonds. The average molecular weight is 388 g/mol. The zero-order valence-corrected chi connectivity index (χ0v) is 16.2. The van der Waals surface area contributed by atoms with Crippen LogP contribution >= 0.6 is 22.9 Å². The third-order valence-electron chi connectivity index (χ3n) is 4.97. The normalized spacial score (nSPS) is 16.5. The number of fused-ring (bicyclic) bond motifs is 1. The number of aromatic nitrogens is 2. The molecule has 0 saturated carbocycles. The van der Waals surface area contributed by atoms with Crippen molar-refractivity contribution in [3.8, 4) is 11.1 Å². The number of benzene rings is 1. The first kappa shape index (κ1) is 17.7. The number of H-pyrrole nitrogens is 1. The van der Waals surface area contributed by atoms with E-state index < -0.39 is 0 Å². The van der Waals surface area contributed by atoms with Gasteiger partial charge in [0, 0.05) is 16.0 Å². The van der Waals surface area contributed by atoms with Gasteiger partial charge in [-0.2, -0.15) is 0 Å². The molecule has 0 unspecified atom stereocenters. The summed E-state index contributed by atoms with van der Waals surface area (Å²) in [7, 11) is 0. The summed E-state index contributed by atoms with van der Waals surface area (Å²) in [5, 5.41) is 3.38. The number of hydrogen-bond donors (Lipinski definition) is 1. The molecule has 6 heteroatoms. The van der Waals surface area contributed by atoms with E-state index in [0.717, 1.165) is 41.4 Å². The molecule has 3 heterocycles. The smallest absolute Gasteiger partial charge is 0.260 e. The highest BCUT2D eigenvalue weighted by atomic mass is 35.5. The molecule has 1 aliphatic heterocycles. The number of nitrogens with one attached hydrogen (secondary N) is 1. The molecular formula is C20H22ClN3OS. The largest absolute Gasteiger partial charge is 0.309 e. The van der Waals surface area contributed by atoms with Crippen LogP contribution < -0.4 is 5.56 Å². The summed E-state index contributed by atoms with van der Waals surface area (Å²) in [5.74, 6) is 0.771. The first-order valence-electron chi connectivity index (χ1n) is 9.19. The minimum absolute atomic E-state index is 0.0526. The Hall–Kier alpha value is -1.69. The molecule has 1 aromatic carbocycles. The standard InChI is InChI=1S/C20H22ClN3OS/c21-15-8-6-14(7-9-15)16-13-26-20-18(16)19(25)22-17(23-20)12-24-10-4-2-1-3-5-11-24/h6-9,13H,1-5,10-12H2,(H,22,23,25). The third kappa shape index (κ3) is 3.85. The summed E-state index contributed by atoms with van der Waals surface area (Å²) in [4.78, 5) is 23.7. The molecule has 1 N–H and O–H groups in total. The van der Waals surface area contributed by atoms with E-state index in [2.05, 4.69) is 9.88 Å². The van der Waals surface area contributed by atoms with Gasteiger partial charge in [0.2, 0.25) is 0 Å². The second-order valence-electron chi connectivity index (χ2n) is 6.89. The highest BCUT2D eigenvalue weighted by Crippen LogP contribution is 2.31. The molecule has 0 aliphatic carbocycles. The van der Waals surface area contributed by atoms with E-state index in [1.54, 1.807) is 0 Å². The van der Waals surface area contributed by atoms with Gasteiger partial charge in [0.15, 0.2) is 0 Å². The Bertz CT molecular complexity index is 940. The molecule has 0 spiro atoms. The Morgan fingerprint density at radius 3 is 2.50 bits per heavy atom. The molecule has 1 fully saturated rings. The third-order valence-corrected chi connectivity index (χ3v) is 6.09. The second-order valence-corrected chi connectivity index (χ2v) is 8.19. The van der Waals surface area contributed by atoms with Crippen LogP contribution in [0.25, 0.3) is 21.3 Å². The van der Waals surface area contributed by atoms with Crippen molar-refractivity contribution >= 4 is 33.2 Å². The molecule has 0 radical (unpaired) electrons. The van der Waals surface area contributed by atoms with Crippen molar-refractivity contribution in [1.82, 2.24) is 14.9 Å². The van der Waals surface area contributed by atoms with E-state index in [1.165, 1.54) is 43.4 Å². The summed E-state index contributed by atoms with van der Waals surface area (Å²) in [5.41, 5.74) is 1.86. The number of nitrogens with zero attached hydrogens (tertiary/aromatic N) is 2. The Labute approximate surface area is 161 Å². The summed E-state index contributed by atoms with van der Waals surface area (Å²) in [6.45, 7) is 2.89. The topological polar surface area (TPSA) is 49.0 Å². The van der Waals surface area contributed by atoms with Crippen LogP contribution in [0.4, 0.5) is 0 Å². The van der Waals surface area contributed by atoms with Gasteiger partial charge in [-0.3, -0.25) is 9.69 Å². The maximum Gasteiger partial charge on any atom is 0.260 e. The highest BCUT2D eigenvalue weighted by molar-refractivity contribution is 7.17. The van der Waals surface area contributed by atoms with E-state index in [9.17, 15) is 4.79 Å². The van der Waals surface area contributed by atoms with Crippen molar-refractivity contribution in [3.05, 3.63) is 50.8 Å². The Morgan fingerprint density at radius 1 is 1.08 bits per heavy atom. The maximum atomic E-state index is 12.8. The lowest BCUT2D eigenvalue weighted by molar-refractivity contribution is 0.234. The lowest BCUT2D eigenvalue weighted by Crippen LogP contribution is -2.28. The molecule has 0 bridgehead atoms. The zero-order valence-electron chi connectivity index (χ0n) is 14.6. The highest BCUT2D eigenvalue weighted by Gasteiger charge is 2.15. The van der Waals surface area contributed by atoms with Gasteiger partial charge in [0.05, 0.1) is 11.9 Å². The molecule has 4 nitrogen and oxygen atoms in total. The average Bonchev–Trinajstić information content (AvgIpc) is 3.02. The minimum atomic E-state index is -0.0526. The molecule has 136 valence electrons. The van der Waals surface area contributed by atoms with Crippen molar-refractivity contribution in [3.63, 3.8) is 0 Å². The quantitative estimate of drug-likeness (QED) is 0.682. The SMILES string of the molecule is O=c1[nH]c(CN2CCCCCCC2)nc2scc(-c3ccc(Cl)cc3)c12. The summed E-state index contributed by atoms with van der Waals surface area (Å²) >= 11 is 7.50. The van der Waals surface area contributed by atoms with E-state index in [1.807, 2.05) is 29.6 Å². The van der Waals surface area contributed by atoms with E-state index >= 15 is 0 Å². The molecule has 3 aromatic rings. The van der Waals surface area contributed by atoms with E-state index in [0.29, 0.717) is 10.4 Å². The van der Waals surface area contributed by atoms with Crippen LogP contribution in [0.1, 0.15) is 37.9 Å². The molecular weight excluding hydrogens is 366 g/mol. The number of aromatic amines is 1. The Balaban J connectivity index is 1.63. The number of hydrogen-bond acceptors (Lipinski definition) is 4. The summed E-state index contributed by atoms with van der Waals surface area (Å²) in [6, 6.07) is 7.57. The fourth-order valence-electron chi connectivity index (χ4n) is 3.59. The summed E-state index contributed by atoms with van der Waals surface area (Å²) in [6.07, 6.45) is 6.40. The van der Waals surface area contributed by atoms with Gasteiger partial charge < -0.3 is 4.98 Å². The van der Waals surface area contributed by atoms with Crippen molar-refractivity contribution < 1.29 is 0 Å². The fraction of sp³-hybridized carbons (Fsp3) is 0.400. The van der Waals surface area contributed by atoms with Crippen LogP contribution in [-0.4, -0.2) is 28.0 Å². The Kier molecular flexibility index (Phi) is 5.38. The van der Waals surface area contributed by atoms with Gasteiger partial charge in [0.1, 0.15) is 10.7 Å². The van der Waals surface area contributed by atoms with E-state index in [4.69, 9.17) is 16.6 Å². The number of thiophene rings is 1. The van der Waals surface area contributed by atoms with Crippen LogP contribution in [0.15, 0.2) is 34.4 Å². The van der Waals surface area contributed by atoms with Gasteiger partial charge in [0.25, 0.3) is 5.56 Å². The van der Waals surface area contributed by atoms with Crippen LogP contribution in [0.2, 0.25) is 5.02 Å². The van der Waals surface area contributed by atoms with Crippen LogP contribution in [0.3, 0.4) is 0 Å². The number of likely N-dealkylation sites (tertiary alicyclic amines) is 1. The van der Waals surface area contributed by atoms with E-state index in [-0.39, 0.29) is 5.56 Å². The minimum Gasteiger partial charge on any atom is -0.309 e.